The van der Waals surface area contributed by atoms with Crippen molar-refractivity contribution in [2.45, 2.75) is 65.8 Å². The molecule has 0 spiro atoms. The van der Waals surface area contributed by atoms with Gasteiger partial charge in [-0.3, -0.25) is 0 Å². The molecule has 0 heterocycles. The van der Waals surface area contributed by atoms with E-state index in [1.165, 1.54) is 17.5 Å². The van der Waals surface area contributed by atoms with Crippen molar-refractivity contribution in [3.63, 3.8) is 0 Å². The molecule has 0 amide bonds. The molecular weight excluding hydrogens is 230 g/mol. The summed E-state index contributed by atoms with van der Waals surface area (Å²) in [5, 5.41) is 3.59. The highest BCUT2D eigenvalue weighted by Crippen LogP contribution is 2.23. The minimum Gasteiger partial charge on any atom is -0.314 e. The zero-order valence-electron chi connectivity index (χ0n) is 13.6. The van der Waals surface area contributed by atoms with Gasteiger partial charge >= 0.3 is 0 Å². The Hall–Kier alpha value is -0.820. The van der Waals surface area contributed by atoms with Crippen molar-refractivity contribution >= 4 is 0 Å². The van der Waals surface area contributed by atoms with Gasteiger partial charge in [-0.1, -0.05) is 65.8 Å². The predicted molar refractivity (Wildman–Crippen MR) is 85.8 cm³/mol. The van der Waals surface area contributed by atoms with Crippen molar-refractivity contribution < 1.29 is 0 Å². The minimum atomic E-state index is 0.250. The summed E-state index contributed by atoms with van der Waals surface area (Å²) in [7, 11) is 0. The van der Waals surface area contributed by atoms with Crippen LogP contribution in [-0.4, -0.2) is 12.6 Å². The molecule has 0 aromatic heterocycles. The van der Waals surface area contributed by atoms with Crippen molar-refractivity contribution in [2.24, 2.45) is 5.92 Å². The van der Waals surface area contributed by atoms with E-state index < -0.39 is 0 Å². The van der Waals surface area contributed by atoms with Gasteiger partial charge in [0.2, 0.25) is 0 Å². The first-order valence-electron chi connectivity index (χ1n) is 7.71. The number of hydrogen-bond donors (Lipinski definition) is 1. The lowest BCUT2D eigenvalue weighted by molar-refractivity contribution is 0.371. The van der Waals surface area contributed by atoms with Gasteiger partial charge in [-0.05, 0) is 41.8 Å². The van der Waals surface area contributed by atoms with Gasteiger partial charge in [-0.2, -0.15) is 0 Å². The number of nitrogens with one attached hydrogen (secondary N) is 1. The molecule has 1 heteroatoms. The summed E-state index contributed by atoms with van der Waals surface area (Å²) in [6, 6.07) is 9.81. The van der Waals surface area contributed by atoms with Crippen LogP contribution in [0, 0.1) is 5.92 Å². The molecule has 0 fully saturated rings. The minimum absolute atomic E-state index is 0.250. The van der Waals surface area contributed by atoms with Crippen LogP contribution in [0.5, 0.6) is 0 Å². The fraction of sp³-hybridized carbons (Fsp3) is 0.667. The standard InChI is InChI=1S/C18H31N/c1-7-17(19-8-2)14(3)13-15-9-11-16(12-10-15)18(4,5)6/h9-12,14,17,19H,7-8,13H2,1-6H3. The van der Waals surface area contributed by atoms with Crippen LogP contribution in [0.3, 0.4) is 0 Å². The average Bonchev–Trinajstić information content (AvgIpc) is 2.35. The lowest BCUT2D eigenvalue weighted by atomic mass is 9.85. The Kier molecular flexibility index (Phi) is 6.06. The van der Waals surface area contributed by atoms with Gasteiger partial charge in [0.25, 0.3) is 0 Å². The van der Waals surface area contributed by atoms with Crippen molar-refractivity contribution in [3.05, 3.63) is 35.4 Å². The topological polar surface area (TPSA) is 12.0 Å². The summed E-state index contributed by atoms with van der Waals surface area (Å²) >= 11 is 0. The highest BCUT2D eigenvalue weighted by atomic mass is 14.9. The Labute approximate surface area is 119 Å². The van der Waals surface area contributed by atoms with Crippen LogP contribution in [0.4, 0.5) is 0 Å². The van der Waals surface area contributed by atoms with Gasteiger partial charge in [0.15, 0.2) is 0 Å². The summed E-state index contributed by atoms with van der Waals surface area (Å²) in [5.74, 6) is 0.686. The fourth-order valence-electron chi connectivity index (χ4n) is 2.66. The SMILES string of the molecule is CCNC(CC)C(C)Cc1ccc(C(C)(C)C)cc1. The van der Waals surface area contributed by atoms with E-state index in [1.807, 2.05) is 0 Å². The third-order valence-electron chi connectivity index (χ3n) is 3.97. The lowest BCUT2D eigenvalue weighted by Crippen LogP contribution is -2.35. The molecule has 0 radical (unpaired) electrons. The van der Waals surface area contributed by atoms with Crippen molar-refractivity contribution in [1.29, 1.82) is 0 Å². The van der Waals surface area contributed by atoms with E-state index in [9.17, 15) is 0 Å². The first kappa shape index (κ1) is 16.2. The van der Waals surface area contributed by atoms with E-state index in [0.29, 0.717) is 12.0 Å². The zero-order valence-corrected chi connectivity index (χ0v) is 13.6. The van der Waals surface area contributed by atoms with E-state index >= 15 is 0 Å². The fourth-order valence-corrected chi connectivity index (χ4v) is 2.66. The highest BCUT2D eigenvalue weighted by Gasteiger charge is 2.16. The second-order valence-corrected chi connectivity index (χ2v) is 6.70. The van der Waals surface area contributed by atoms with E-state index in [2.05, 4.69) is 71.1 Å². The Morgan fingerprint density at radius 3 is 2.05 bits per heavy atom. The monoisotopic (exact) mass is 261 g/mol. The van der Waals surface area contributed by atoms with Gasteiger partial charge in [-0.25, -0.2) is 0 Å². The smallest absolute Gasteiger partial charge is 0.00931 e. The molecule has 2 atom stereocenters. The van der Waals surface area contributed by atoms with Gasteiger partial charge in [0, 0.05) is 6.04 Å². The molecule has 2 unspecified atom stereocenters. The maximum atomic E-state index is 3.59. The normalized spacial score (nSPS) is 15.3. The molecule has 19 heavy (non-hydrogen) atoms. The van der Waals surface area contributed by atoms with Gasteiger partial charge in [0.1, 0.15) is 0 Å². The molecule has 1 aromatic carbocycles. The van der Waals surface area contributed by atoms with Crippen LogP contribution in [0.25, 0.3) is 0 Å². The summed E-state index contributed by atoms with van der Waals surface area (Å²) in [6.07, 6.45) is 2.37. The zero-order chi connectivity index (χ0) is 14.5. The maximum absolute atomic E-state index is 3.59. The van der Waals surface area contributed by atoms with Crippen LogP contribution in [0.15, 0.2) is 24.3 Å². The van der Waals surface area contributed by atoms with Crippen molar-refractivity contribution in [1.82, 2.24) is 5.32 Å². The molecule has 0 aliphatic heterocycles. The first-order valence-corrected chi connectivity index (χ1v) is 7.71. The number of hydrogen-bond acceptors (Lipinski definition) is 1. The van der Waals surface area contributed by atoms with Crippen molar-refractivity contribution in [3.8, 4) is 0 Å². The van der Waals surface area contributed by atoms with Gasteiger partial charge < -0.3 is 5.32 Å². The molecule has 108 valence electrons. The van der Waals surface area contributed by atoms with Gasteiger partial charge in [0.05, 0.1) is 0 Å². The molecular formula is C18H31N. The van der Waals surface area contributed by atoms with E-state index in [-0.39, 0.29) is 5.41 Å². The van der Waals surface area contributed by atoms with Crippen molar-refractivity contribution in [2.75, 3.05) is 6.54 Å². The first-order chi connectivity index (χ1) is 8.88. The quantitative estimate of drug-likeness (QED) is 0.792. The van der Waals surface area contributed by atoms with E-state index in [4.69, 9.17) is 0 Å². The molecule has 1 N–H and O–H groups in total. The molecule has 0 saturated heterocycles. The van der Waals surface area contributed by atoms with Crippen LogP contribution in [0.1, 0.15) is 59.1 Å². The van der Waals surface area contributed by atoms with E-state index in [1.54, 1.807) is 0 Å². The Morgan fingerprint density at radius 2 is 1.63 bits per heavy atom. The van der Waals surface area contributed by atoms with Crippen LogP contribution >= 0.6 is 0 Å². The second-order valence-electron chi connectivity index (χ2n) is 6.70. The Bertz CT molecular complexity index is 358. The molecule has 0 aliphatic carbocycles. The molecule has 0 aliphatic rings. The molecule has 1 rings (SSSR count). The Balaban J connectivity index is 2.67. The Morgan fingerprint density at radius 1 is 1.05 bits per heavy atom. The highest BCUT2D eigenvalue weighted by molar-refractivity contribution is 5.27. The molecule has 1 nitrogen and oxygen atoms in total. The summed E-state index contributed by atoms with van der Waals surface area (Å²) in [5.41, 5.74) is 3.12. The van der Waals surface area contributed by atoms with Crippen LogP contribution in [0.2, 0.25) is 0 Å². The molecule has 0 bridgehead atoms. The molecule has 0 saturated carbocycles. The van der Waals surface area contributed by atoms with Gasteiger partial charge in [-0.15, -0.1) is 0 Å². The summed E-state index contributed by atoms with van der Waals surface area (Å²) in [4.78, 5) is 0. The second kappa shape index (κ2) is 7.09. The summed E-state index contributed by atoms with van der Waals surface area (Å²) < 4.78 is 0. The largest absolute Gasteiger partial charge is 0.314 e. The van der Waals surface area contributed by atoms with E-state index in [0.717, 1.165) is 13.0 Å². The number of rotatable bonds is 6. The third kappa shape index (κ3) is 4.99. The third-order valence-corrected chi connectivity index (χ3v) is 3.97. The summed E-state index contributed by atoms with van der Waals surface area (Å²) in [6.45, 7) is 14.7. The van der Waals surface area contributed by atoms with Crippen LogP contribution in [-0.2, 0) is 11.8 Å². The molecule has 1 aromatic rings. The lowest BCUT2D eigenvalue weighted by Gasteiger charge is -2.24. The number of benzene rings is 1. The maximum Gasteiger partial charge on any atom is 0.00931 e. The average molecular weight is 261 g/mol. The van der Waals surface area contributed by atoms with Crippen LogP contribution < -0.4 is 5.32 Å². The predicted octanol–water partition coefficient (Wildman–Crippen LogP) is 4.55.